The van der Waals surface area contributed by atoms with Crippen molar-refractivity contribution < 1.29 is 23.7 Å². The van der Waals surface area contributed by atoms with E-state index in [-0.39, 0.29) is 5.91 Å². The van der Waals surface area contributed by atoms with Crippen LogP contribution in [0.1, 0.15) is 49.3 Å². The van der Waals surface area contributed by atoms with Gasteiger partial charge in [-0.25, -0.2) is 0 Å². The first-order valence-corrected chi connectivity index (χ1v) is 11.1. The molecule has 1 fully saturated rings. The molecule has 31 heavy (non-hydrogen) atoms. The minimum absolute atomic E-state index is 0.174. The van der Waals surface area contributed by atoms with Gasteiger partial charge in [-0.15, -0.1) is 0 Å². The van der Waals surface area contributed by atoms with Crippen LogP contribution in [-0.2, 0) is 26.6 Å². The highest BCUT2D eigenvalue weighted by Crippen LogP contribution is 2.46. The van der Waals surface area contributed by atoms with E-state index in [2.05, 4.69) is 6.92 Å². The largest absolute Gasteiger partial charge is 0.493 e. The maximum Gasteiger partial charge on any atom is 0.292 e. The van der Waals surface area contributed by atoms with Crippen molar-refractivity contribution in [1.82, 2.24) is 0 Å². The summed E-state index contributed by atoms with van der Waals surface area (Å²) in [6.45, 7) is 6.25. The predicted octanol–water partition coefficient (Wildman–Crippen LogP) is 4.71. The number of unbranched alkanes of at least 4 members (excludes halogenated alkanes) is 2. The lowest BCUT2D eigenvalue weighted by molar-refractivity contribution is -0.256. The van der Waals surface area contributed by atoms with E-state index in [4.69, 9.17) is 18.9 Å². The number of benzene rings is 2. The Hall–Kier alpha value is -2.57. The summed E-state index contributed by atoms with van der Waals surface area (Å²) in [6, 6.07) is 11.8. The number of fused-ring (bicyclic) bond motifs is 2. The molecule has 4 rings (SSSR count). The maximum absolute atomic E-state index is 13.5. The summed E-state index contributed by atoms with van der Waals surface area (Å²) >= 11 is 0. The number of nitrogens with zero attached hydrogens (tertiary/aromatic N) is 1. The molecule has 0 aromatic heterocycles. The predicted molar refractivity (Wildman–Crippen MR) is 119 cm³/mol. The van der Waals surface area contributed by atoms with Gasteiger partial charge in [-0.05, 0) is 49.6 Å². The summed E-state index contributed by atoms with van der Waals surface area (Å²) in [7, 11) is 1.63. The summed E-state index contributed by atoms with van der Waals surface area (Å²) < 4.78 is 23.4. The highest BCUT2D eigenvalue weighted by molar-refractivity contribution is 6.06. The van der Waals surface area contributed by atoms with Gasteiger partial charge in [0.05, 0.1) is 39.2 Å². The molecule has 0 saturated carbocycles. The zero-order valence-corrected chi connectivity index (χ0v) is 18.6. The molecule has 2 aromatic carbocycles. The molecule has 2 aliphatic rings. The van der Waals surface area contributed by atoms with E-state index in [0.29, 0.717) is 32.1 Å². The van der Waals surface area contributed by atoms with Crippen LogP contribution in [0.2, 0.25) is 0 Å². The van der Waals surface area contributed by atoms with Crippen molar-refractivity contribution in [2.24, 2.45) is 0 Å². The molecule has 6 nitrogen and oxygen atoms in total. The molecule has 0 aliphatic carbocycles. The molecule has 2 heterocycles. The Labute approximate surface area is 184 Å². The number of anilines is 1. The van der Waals surface area contributed by atoms with Gasteiger partial charge in [-0.1, -0.05) is 37.5 Å². The Balaban J connectivity index is 1.58. The molecule has 1 spiro atoms. The normalized spacial score (nSPS) is 17.1. The second-order valence-corrected chi connectivity index (χ2v) is 8.12. The van der Waals surface area contributed by atoms with Crippen LogP contribution in [-0.4, -0.2) is 32.8 Å². The van der Waals surface area contributed by atoms with Crippen LogP contribution in [0, 0.1) is 6.92 Å². The fraction of sp³-hybridized carbons (Fsp3) is 0.480. The molecule has 0 unspecified atom stereocenters. The SMILES string of the molecule is CCCCCOc1ccc(CN2C(=O)C3(OCCCO3)c3cc(C)ccc32)cc1OC. The zero-order valence-electron chi connectivity index (χ0n) is 18.6. The van der Waals surface area contributed by atoms with E-state index in [0.717, 1.165) is 53.8 Å². The Morgan fingerprint density at radius 1 is 1.06 bits per heavy atom. The van der Waals surface area contributed by atoms with E-state index in [1.54, 1.807) is 12.0 Å². The summed E-state index contributed by atoms with van der Waals surface area (Å²) in [5, 5.41) is 0. The standard InChI is InChI=1S/C25H31NO5/c1-4-5-6-12-29-22-11-9-19(16-23(22)28-3)17-26-21-10-8-18(2)15-20(21)25(24(26)27)30-13-7-14-31-25/h8-11,15-16H,4-7,12-14,17H2,1-3H3. The van der Waals surface area contributed by atoms with E-state index >= 15 is 0 Å². The second-order valence-electron chi connectivity index (χ2n) is 8.12. The number of methoxy groups -OCH3 is 1. The number of rotatable bonds is 8. The number of hydrogen-bond donors (Lipinski definition) is 0. The van der Waals surface area contributed by atoms with Crippen molar-refractivity contribution in [1.29, 1.82) is 0 Å². The Morgan fingerprint density at radius 3 is 2.61 bits per heavy atom. The molecule has 2 aromatic rings. The first-order valence-electron chi connectivity index (χ1n) is 11.1. The van der Waals surface area contributed by atoms with Crippen molar-refractivity contribution in [3.63, 3.8) is 0 Å². The zero-order chi connectivity index (χ0) is 21.8. The van der Waals surface area contributed by atoms with Gasteiger partial charge in [-0.2, -0.15) is 0 Å². The van der Waals surface area contributed by atoms with Gasteiger partial charge in [0.2, 0.25) is 0 Å². The third-order valence-corrected chi connectivity index (χ3v) is 5.80. The summed E-state index contributed by atoms with van der Waals surface area (Å²) in [5.74, 6) is -0.107. The van der Waals surface area contributed by atoms with Crippen molar-refractivity contribution in [2.45, 2.75) is 51.9 Å². The fourth-order valence-electron chi connectivity index (χ4n) is 4.17. The quantitative estimate of drug-likeness (QED) is 0.574. The van der Waals surface area contributed by atoms with Crippen molar-refractivity contribution in [3.8, 4) is 11.5 Å². The summed E-state index contributed by atoms with van der Waals surface area (Å²) in [5.41, 5.74) is 3.64. The van der Waals surface area contributed by atoms with Crippen LogP contribution in [0.5, 0.6) is 11.5 Å². The van der Waals surface area contributed by atoms with Crippen molar-refractivity contribution >= 4 is 11.6 Å². The molecular formula is C25H31NO5. The number of amides is 1. The highest BCUT2D eigenvalue weighted by atomic mass is 16.7. The van der Waals surface area contributed by atoms with Crippen LogP contribution in [0.25, 0.3) is 0 Å². The number of ether oxygens (including phenoxy) is 4. The second kappa shape index (κ2) is 9.28. The first-order chi connectivity index (χ1) is 15.1. The third kappa shape index (κ3) is 4.14. The minimum atomic E-state index is -1.33. The molecule has 2 aliphatic heterocycles. The number of aryl methyl sites for hydroxylation is 1. The molecular weight excluding hydrogens is 394 g/mol. The fourth-order valence-corrected chi connectivity index (χ4v) is 4.17. The monoisotopic (exact) mass is 425 g/mol. The number of carbonyl (C=O) groups is 1. The minimum Gasteiger partial charge on any atom is -0.493 e. The number of carbonyl (C=O) groups excluding carboxylic acids is 1. The molecule has 0 radical (unpaired) electrons. The van der Waals surface area contributed by atoms with E-state index in [1.807, 2.05) is 43.3 Å². The first kappa shape index (κ1) is 21.7. The van der Waals surface area contributed by atoms with E-state index in [9.17, 15) is 4.79 Å². The van der Waals surface area contributed by atoms with Crippen molar-refractivity contribution in [2.75, 3.05) is 31.8 Å². The van der Waals surface area contributed by atoms with Gasteiger partial charge in [0.15, 0.2) is 11.5 Å². The lowest BCUT2D eigenvalue weighted by Crippen LogP contribution is -2.47. The Kier molecular flexibility index (Phi) is 6.49. The van der Waals surface area contributed by atoms with Crippen LogP contribution < -0.4 is 14.4 Å². The molecule has 0 atom stereocenters. The maximum atomic E-state index is 13.5. The highest BCUT2D eigenvalue weighted by Gasteiger charge is 2.54. The Morgan fingerprint density at radius 2 is 1.87 bits per heavy atom. The van der Waals surface area contributed by atoms with E-state index < -0.39 is 5.79 Å². The lowest BCUT2D eigenvalue weighted by Gasteiger charge is -2.32. The van der Waals surface area contributed by atoms with Crippen LogP contribution in [0.3, 0.4) is 0 Å². The van der Waals surface area contributed by atoms with Crippen LogP contribution in [0.4, 0.5) is 5.69 Å². The average molecular weight is 426 g/mol. The lowest BCUT2D eigenvalue weighted by atomic mass is 10.0. The van der Waals surface area contributed by atoms with Crippen LogP contribution >= 0.6 is 0 Å². The summed E-state index contributed by atoms with van der Waals surface area (Å²) in [6.07, 6.45) is 4.09. The smallest absolute Gasteiger partial charge is 0.292 e. The third-order valence-electron chi connectivity index (χ3n) is 5.80. The van der Waals surface area contributed by atoms with E-state index in [1.165, 1.54) is 0 Å². The average Bonchev–Trinajstić information content (AvgIpc) is 3.00. The van der Waals surface area contributed by atoms with Gasteiger partial charge in [0.1, 0.15) is 0 Å². The topological polar surface area (TPSA) is 57.2 Å². The van der Waals surface area contributed by atoms with Gasteiger partial charge in [-0.3, -0.25) is 4.79 Å². The molecule has 0 bridgehead atoms. The number of hydrogen-bond acceptors (Lipinski definition) is 5. The van der Waals surface area contributed by atoms with Gasteiger partial charge in [0, 0.05) is 5.56 Å². The summed E-state index contributed by atoms with van der Waals surface area (Å²) in [4.78, 5) is 15.2. The van der Waals surface area contributed by atoms with Gasteiger partial charge in [0.25, 0.3) is 11.7 Å². The molecule has 1 amide bonds. The van der Waals surface area contributed by atoms with Gasteiger partial charge < -0.3 is 23.8 Å². The van der Waals surface area contributed by atoms with Crippen molar-refractivity contribution in [3.05, 3.63) is 53.1 Å². The van der Waals surface area contributed by atoms with Crippen LogP contribution in [0.15, 0.2) is 36.4 Å². The molecule has 1 saturated heterocycles. The Bertz CT molecular complexity index is 936. The molecule has 6 heteroatoms. The molecule has 0 N–H and O–H groups in total. The molecule has 166 valence electrons. The van der Waals surface area contributed by atoms with Gasteiger partial charge >= 0.3 is 0 Å².